The van der Waals surface area contributed by atoms with Crippen molar-refractivity contribution in [2.45, 2.75) is 38.9 Å². The van der Waals surface area contributed by atoms with Crippen molar-refractivity contribution in [3.63, 3.8) is 0 Å². The average molecular weight is 259 g/mol. The maximum absolute atomic E-state index is 11.9. The van der Waals surface area contributed by atoms with E-state index in [-0.39, 0.29) is 13.2 Å². The molecule has 0 aromatic heterocycles. The molecule has 104 valence electrons. The minimum atomic E-state index is -1.15. The van der Waals surface area contributed by atoms with Crippen LogP contribution in [0.4, 0.5) is 4.79 Å². The number of carbonyl (C=O) groups excluding carboxylic acids is 2. The molecule has 0 aromatic rings. The molecule has 1 aliphatic rings. The van der Waals surface area contributed by atoms with Gasteiger partial charge in [0.05, 0.1) is 13.2 Å². The van der Waals surface area contributed by atoms with Crippen LogP contribution in [0.2, 0.25) is 0 Å². The molecule has 0 saturated carbocycles. The highest BCUT2D eigenvalue weighted by atomic mass is 16.6. The topological polar surface area (TPSA) is 76.1 Å². The third kappa shape index (κ3) is 3.68. The van der Waals surface area contributed by atoms with Crippen molar-refractivity contribution < 1.29 is 24.2 Å². The van der Waals surface area contributed by atoms with Crippen LogP contribution in [0.3, 0.4) is 0 Å². The van der Waals surface area contributed by atoms with Crippen LogP contribution in [0.5, 0.6) is 0 Å². The molecule has 0 aliphatic carbocycles. The lowest BCUT2D eigenvalue weighted by Crippen LogP contribution is -2.57. The molecule has 6 heteroatoms. The number of aliphatic hydroxyl groups is 1. The number of amides is 1. The van der Waals surface area contributed by atoms with Crippen LogP contribution in [0.1, 0.15) is 27.7 Å². The van der Waals surface area contributed by atoms with Crippen LogP contribution in [-0.4, -0.2) is 59.4 Å². The number of nitrogens with zero attached hydrogens (tertiary/aromatic N) is 1. The number of hydrogen-bond acceptors (Lipinski definition) is 5. The van der Waals surface area contributed by atoms with Crippen molar-refractivity contribution in [3.05, 3.63) is 0 Å². The van der Waals surface area contributed by atoms with Crippen LogP contribution in [0, 0.1) is 0 Å². The monoisotopic (exact) mass is 259 g/mol. The molecule has 0 bridgehead atoms. The van der Waals surface area contributed by atoms with Gasteiger partial charge in [-0.25, -0.2) is 4.79 Å². The number of ether oxygens (including phenoxy) is 2. The van der Waals surface area contributed by atoms with Crippen LogP contribution in [0.15, 0.2) is 0 Å². The van der Waals surface area contributed by atoms with Crippen molar-refractivity contribution in [3.8, 4) is 0 Å². The number of ketones is 1. The minimum Gasteiger partial charge on any atom is -0.444 e. The van der Waals surface area contributed by atoms with Gasteiger partial charge >= 0.3 is 6.09 Å². The van der Waals surface area contributed by atoms with E-state index < -0.39 is 29.7 Å². The fourth-order valence-corrected chi connectivity index (χ4v) is 1.69. The van der Waals surface area contributed by atoms with E-state index >= 15 is 0 Å². The van der Waals surface area contributed by atoms with E-state index in [9.17, 15) is 9.59 Å². The van der Waals surface area contributed by atoms with Crippen molar-refractivity contribution in [1.82, 2.24) is 4.90 Å². The average Bonchev–Trinajstić information content (AvgIpc) is 2.25. The van der Waals surface area contributed by atoms with Crippen molar-refractivity contribution in [2.75, 3.05) is 26.3 Å². The van der Waals surface area contributed by atoms with Gasteiger partial charge in [-0.15, -0.1) is 0 Å². The van der Waals surface area contributed by atoms with Gasteiger partial charge in [0.2, 0.25) is 0 Å². The molecule has 0 radical (unpaired) electrons. The number of carbonyl (C=O) groups is 2. The highest BCUT2D eigenvalue weighted by Crippen LogP contribution is 2.20. The minimum absolute atomic E-state index is 0.0985. The SMILES string of the molecule is CC(C)(C)OC(=O)N1CCOC(C)(C(=O)CO)C1. The fourth-order valence-electron chi connectivity index (χ4n) is 1.69. The molecule has 1 rings (SSSR count). The van der Waals surface area contributed by atoms with Gasteiger partial charge < -0.3 is 19.5 Å². The van der Waals surface area contributed by atoms with E-state index in [0.717, 1.165) is 0 Å². The van der Waals surface area contributed by atoms with Gasteiger partial charge in [0.25, 0.3) is 0 Å². The van der Waals surface area contributed by atoms with Crippen molar-refractivity contribution in [1.29, 1.82) is 0 Å². The molecule has 1 atom stereocenters. The van der Waals surface area contributed by atoms with E-state index in [0.29, 0.717) is 6.54 Å². The zero-order valence-corrected chi connectivity index (χ0v) is 11.4. The second-order valence-corrected chi connectivity index (χ2v) is 5.56. The van der Waals surface area contributed by atoms with Crippen molar-refractivity contribution >= 4 is 11.9 Å². The summed E-state index contributed by atoms with van der Waals surface area (Å²) in [5.74, 6) is -0.434. The Morgan fingerprint density at radius 2 is 2.06 bits per heavy atom. The first-order chi connectivity index (χ1) is 8.18. The van der Waals surface area contributed by atoms with Crippen LogP contribution < -0.4 is 0 Å². The van der Waals surface area contributed by atoms with E-state index in [1.54, 1.807) is 27.7 Å². The standard InChI is InChI=1S/C12H21NO5/c1-11(2,3)18-10(16)13-5-6-17-12(4,8-13)9(15)7-14/h14H,5-8H2,1-4H3. The smallest absolute Gasteiger partial charge is 0.410 e. The largest absolute Gasteiger partial charge is 0.444 e. The van der Waals surface area contributed by atoms with Gasteiger partial charge in [0.1, 0.15) is 17.8 Å². The molecular formula is C12H21NO5. The van der Waals surface area contributed by atoms with Gasteiger partial charge in [0, 0.05) is 6.54 Å². The number of rotatable bonds is 2. The Labute approximate surface area is 107 Å². The number of morpholine rings is 1. The molecule has 1 unspecified atom stereocenters. The quantitative estimate of drug-likeness (QED) is 0.784. The van der Waals surface area contributed by atoms with Crippen molar-refractivity contribution in [2.24, 2.45) is 0 Å². The molecule has 0 spiro atoms. The summed E-state index contributed by atoms with van der Waals surface area (Å²) < 4.78 is 10.6. The van der Waals surface area contributed by atoms with Gasteiger partial charge in [0.15, 0.2) is 5.78 Å². The second-order valence-electron chi connectivity index (χ2n) is 5.56. The van der Waals surface area contributed by atoms with Gasteiger partial charge in [-0.2, -0.15) is 0 Å². The number of Topliss-reactive ketones (excluding diaryl/α,β-unsaturated/α-hetero) is 1. The Balaban J connectivity index is 2.69. The first-order valence-electron chi connectivity index (χ1n) is 5.94. The molecule has 0 aromatic carbocycles. The molecule has 18 heavy (non-hydrogen) atoms. The number of aliphatic hydroxyl groups excluding tert-OH is 1. The molecule has 1 aliphatic heterocycles. The molecule has 1 amide bonds. The Kier molecular flexibility index (Phi) is 4.34. The molecule has 1 saturated heterocycles. The summed E-state index contributed by atoms with van der Waals surface area (Å²) >= 11 is 0. The highest BCUT2D eigenvalue weighted by molar-refractivity contribution is 5.88. The summed E-state index contributed by atoms with van der Waals surface area (Å²) in [5.41, 5.74) is -1.73. The lowest BCUT2D eigenvalue weighted by atomic mass is 9.99. The van der Waals surface area contributed by atoms with Crippen LogP contribution >= 0.6 is 0 Å². The van der Waals surface area contributed by atoms with E-state index in [1.165, 1.54) is 4.90 Å². The summed E-state index contributed by atoms with van der Waals surface area (Å²) in [6.45, 7) is 7.04. The number of hydrogen-bond donors (Lipinski definition) is 1. The van der Waals surface area contributed by atoms with Crippen LogP contribution in [-0.2, 0) is 14.3 Å². The van der Waals surface area contributed by atoms with Gasteiger partial charge in [-0.3, -0.25) is 4.79 Å². The Hall–Kier alpha value is -1.14. The maximum Gasteiger partial charge on any atom is 0.410 e. The molecule has 1 N–H and O–H groups in total. The summed E-state index contributed by atoms with van der Waals surface area (Å²) in [4.78, 5) is 24.9. The normalized spacial score (nSPS) is 24.8. The highest BCUT2D eigenvalue weighted by Gasteiger charge is 2.40. The Morgan fingerprint density at radius 1 is 1.44 bits per heavy atom. The molecule has 6 nitrogen and oxygen atoms in total. The van der Waals surface area contributed by atoms with Crippen LogP contribution in [0.25, 0.3) is 0 Å². The zero-order chi connectivity index (χ0) is 14.0. The summed E-state index contributed by atoms with van der Waals surface area (Å²) in [5, 5.41) is 8.90. The van der Waals surface area contributed by atoms with E-state index in [1.807, 2.05) is 0 Å². The first-order valence-corrected chi connectivity index (χ1v) is 5.94. The Bertz CT molecular complexity index is 336. The molecular weight excluding hydrogens is 238 g/mol. The zero-order valence-electron chi connectivity index (χ0n) is 11.4. The second kappa shape index (κ2) is 5.24. The summed E-state index contributed by atoms with van der Waals surface area (Å²) in [6.07, 6.45) is -0.470. The first kappa shape index (κ1) is 14.9. The lowest BCUT2D eigenvalue weighted by Gasteiger charge is -2.39. The maximum atomic E-state index is 11.9. The Morgan fingerprint density at radius 3 is 2.56 bits per heavy atom. The predicted octanol–water partition coefficient (Wildman–Crippen LogP) is 0.574. The fraction of sp³-hybridized carbons (Fsp3) is 0.833. The summed E-state index contributed by atoms with van der Waals surface area (Å²) in [7, 11) is 0. The van der Waals surface area contributed by atoms with E-state index in [2.05, 4.69) is 0 Å². The third-order valence-corrected chi connectivity index (χ3v) is 2.66. The third-order valence-electron chi connectivity index (χ3n) is 2.66. The summed E-state index contributed by atoms with van der Waals surface area (Å²) in [6, 6.07) is 0. The van der Waals surface area contributed by atoms with Gasteiger partial charge in [-0.05, 0) is 27.7 Å². The molecule has 1 fully saturated rings. The molecule has 1 heterocycles. The van der Waals surface area contributed by atoms with E-state index in [4.69, 9.17) is 14.6 Å². The predicted molar refractivity (Wildman–Crippen MR) is 64.3 cm³/mol. The van der Waals surface area contributed by atoms with Gasteiger partial charge in [-0.1, -0.05) is 0 Å². The lowest BCUT2D eigenvalue weighted by molar-refractivity contribution is -0.155.